The van der Waals surface area contributed by atoms with Gasteiger partial charge in [-0.2, -0.15) is 0 Å². The van der Waals surface area contributed by atoms with Crippen molar-refractivity contribution in [3.63, 3.8) is 0 Å². The van der Waals surface area contributed by atoms with Crippen LogP contribution in [0.5, 0.6) is 11.5 Å². The van der Waals surface area contributed by atoms with E-state index in [-0.39, 0.29) is 5.97 Å². The number of hydrogen-bond donors (Lipinski definition) is 0. The highest BCUT2D eigenvalue weighted by atomic mass is 79.9. The van der Waals surface area contributed by atoms with Gasteiger partial charge in [0.05, 0.1) is 12.7 Å². The lowest BCUT2D eigenvalue weighted by atomic mass is 10.1. The van der Waals surface area contributed by atoms with Crippen molar-refractivity contribution in [2.75, 3.05) is 7.11 Å². The summed E-state index contributed by atoms with van der Waals surface area (Å²) in [6.07, 6.45) is 0. The summed E-state index contributed by atoms with van der Waals surface area (Å²) in [5, 5.41) is 0.717. The summed E-state index contributed by atoms with van der Waals surface area (Å²) in [6.45, 7) is 5.98. The molecule has 4 nitrogen and oxygen atoms in total. The Kier molecular flexibility index (Phi) is 6.48. The number of alkyl halides is 1. The third kappa shape index (κ3) is 5.78. The largest absolute Gasteiger partial charge is 0.496 e. The fourth-order valence-corrected chi connectivity index (χ4v) is 2.66. The van der Waals surface area contributed by atoms with Gasteiger partial charge < -0.3 is 14.2 Å². The lowest BCUT2D eigenvalue weighted by Gasteiger charge is -2.19. The molecule has 0 N–H and O–H groups in total. The zero-order chi connectivity index (χ0) is 18.4. The van der Waals surface area contributed by atoms with Crippen molar-refractivity contribution >= 4 is 21.9 Å². The predicted octanol–water partition coefficient (Wildman–Crippen LogP) is 5.12. The maximum absolute atomic E-state index is 12.0. The molecule has 0 aromatic heterocycles. The van der Waals surface area contributed by atoms with Crippen LogP contribution in [-0.4, -0.2) is 18.7 Å². The summed E-state index contributed by atoms with van der Waals surface area (Å²) in [4.78, 5) is 12.0. The molecular formula is C20H23BrO4. The van der Waals surface area contributed by atoms with Crippen LogP contribution < -0.4 is 9.47 Å². The van der Waals surface area contributed by atoms with Crippen molar-refractivity contribution in [2.45, 2.75) is 38.3 Å². The van der Waals surface area contributed by atoms with Crippen LogP contribution in [0.15, 0.2) is 42.5 Å². The minimum Gasteiger partial charge on any atom is -0.496 e. The number of carbonyl (C=O) groups is 1. The van der Waals surface area contributed by atoms with Crippen LogP contribution in [0.1, 0.15) is 42.3 Å². The van der Waals surface area contributed by atoms with E-state index in [1.54, 1.807) is 31.4 Å². The van der Waals surface area contributed by atoms with Gasteiger partial charge in [-0.25, -0.2) is 4.79 Å². The normalized spacial score (nSPS) is 11.1. The molecular weight excluding hydrogens is 384 g/mol. The van der Waals surface area contributed by atoms with Crippen LogP contribution in [0.3, 0.4) is 0 Å². The number of rotatable bonds is 6. The number of esters is 1. The van der Waals surface area contributed by atoms with Crippen molar-refractivity contribution in [2.24, 2.45) is 0 Å². The Bertz CT molecular complexity index is 717. The van der Waals surface area contributed by atoms with E-state index in [1.807, 2.05) is 39.0 Å². The Morgan fingerprint density at radius 3 is 2.32 bits per heavy atom. The first-order valence-electron chi connectivity index (χ1n) is 8.00. The molecule has 0 spiro atoms. The number of ether oxygens (including phenoxy) is 3. The highest BCUT2D eigenvalue weighted by molar-refractivity contribution is 9.08. The first-order valence-corrected chi connectivity index (χ1v) is 9.12. The number of benzene rings is 2. The average molecular weight is 407 g/mol. The molecule has 0 radical (unpaired) electrons. The van der Waals surface area contributed by atoms with Gasteiger partial charge in [0.1, 0.15) is 23.7 Å². The molecule has 0 fully saturated rings. The second-order valence-electron chi connectivity index (χ2n) is 6.59. The second-order valence-corrected chi connectivity index (χ2v) is 7.16. The zero-order valence-corrected chi connectivity index (χ0v) is 16.6. The van der Waals surface area contributed by atoms with E-state index in [1.165, 1.54) is 0 Å². The monoisotopic (exact) mass is 406 g/mol. The van der Waals surface area contributed by atoms with Crippen molar-refractivity contribution in [1.82, 2.24) is 0 Å². The van der Waals surface area contributed by atoms with E-state index in [9.17, 15) is 4.79 Å². The van der Waals surface area contributed by atoms with Crippen LogP contribution in [0.25, 0.3) is 0 Å². The Morgan fingerprint density at radius 2 is 1.76 bits per heavy atom. The summed E-state index contributed by atoms with van der Waals surface area (Å²) < 4.78 is 16.4. The number of carbonyl (C=O) groups excluding carboxylic acids is 1. The fraction of sp³-hybridized carbons (Fsp3) is 0.350. The first-order chi connectivity index (χ1) is 11.8. The van der Waals surface area contributed by atoms with E-state index < -0.39 is 5.60 Å². The van der Waals surface area contributed by atoms with E-state index in [0.29, 0.717) is 23.2 Å². The molecule has 0 bridgehead atoms. The van der Waals surface area contributed by atoms with Gasteiger partial charge in [-0.3, -0.25) is 0 Å². The topological polar surface area (TPSA) is 44.8 Å². The van der Waals surface area contributed by atoms with Crippen molar-refractivity contribution in [3.05, 3.63) is 59.2 Å². The molecule has 25 heavy (non-hydrogen) atoms. The molecule has 5 heteroatoms. The third-order valence-electron chi connectivity index (χ3n) is 3.38. The molecule has 0 heterocycles. The summed E-state index contributed by atoms with van der Waals surface area (Å²) >= 11 is 3.46. The Morgan fingerprint density at radius 1 is 1.08 bits per heavy atom. The fourth-order valence-electron chi connectivity index (χ4n) is 2.22. The lowest BCUT2D eigenvalue weighted by Crippen LogP contribution is -2.23. The molecule has 2 aromatic carbocycles. The Balaban J connectivity index is 1.99. The second kappa shape index (κ2) is 8.39. The first kappa shape index (κ1) is 19.3. The summed E-state index contributed by atoms with van der Waals surface area (Å²) in [5.74, 6) is 1.21. The van der Waals surface area contributed by atoms with Crippen molar-refractivity contribution in [1.29, 1.82) is 0 Å². The van der Waals surface area contributed by atoms with Crippen LogP contribution in [-0.2, 0) is 16.7 Å². The van der Waals surface area contributed by atoms with Crippen LogP contribution in [0.2, 0.25) is 0 Å². The molecule has 0 amide bonds. The van der Waals surface area contributed by atoms with Gasteiger partial charge in [0, 0.05) is 10.9 Å². The minimum atomic E-state index is -0.506. The Hall–Kier alpha value is -2.01. The maximum Gasteiger partial charge on any atom is 0.338 e. The van der Waals surface area contributed by atoms with E-state index in [0.717, 1.165) is 16.9 Å². The summed E-state index contributed by atoms with van der Waals surface area (Å²) in [6, 6.07) is 12.9. The van der Waals surface area contributed by atoms with Crippen LogP contribution >= 0.6 is 15.9 Å². The van der Waals surface area contributed by atoms with Gasteiger partial charge in [0.25, 0.3) is 0 Å². The molecule has 0 saturated heterocycles. The highest BCUT2D eigenvalue weighted by Gasteiger charge is 2.17. The standard InChI is InChI=1S/C20H23BrO4/c1-20(2,3)25-19(22)15-6-8-17(9-7-15)24-13-14-5-10-18(23-4)16(11-14)12-21/h5-11H,12-13H2,1-4H3. The van der Waals surface area contributed by atoms with E-state index in [2.05, 4.69) is 15.9 Å². The number of halogens is 1. The van der Waals surface area contributed by atoms with Crippen molar-refractivity contribution in [3.8, 4) is 11.5 Å². The molecule has 0 aliphatic carbocycles. The van der Waals surface area contributed by atoms with Crippen LogP contribution in [0, 0.1) is 0 Å². The van der Waals surface area contributed by atoms with E-state index in [4.69, 9.17) is 14.2 Å². The minimum absolute atomic E-state index is 0.337. The lowest BCUT2D eigenvalue weighted by molar-refractivity contribution is 0.00695. The van der Waals surface area contributed by atoms with Gasteiger partial charge in [0.2, 0.25) is 0 Å². The smallest absolute Gasteiger partial charge is 0.338 e. The number of hydrogen-bond acceptors (Lipinski definition) is 4. The van der Waals surface area contributed by atoms with E-state index >= 15 is 0 Å². The zero-order valence-electron chi connectivity index (χ0n) is 15.0. The van der Waals surface area contributed by atoms with Gasteiger partial charge in [-0.15, -0.1) is 0 Å². The molecule has 134 valence electrons. The van der Waals surface area contributed by atoms with Gasteiger partial charge >= 0.3 is 5.97 Å². The van der Waals surface area contributed by atoms with Gasteiger partial charge in [0.15, 0.2) is 0 Å². The summed E-state index contributed by atoms with van der Waals surface area (Å²) in [7, 11) is 1.66. The molecule has 2 aromatic rings. The molecule has 0 unspecified atom stereocenters. The predicted molar refractivity (Wildman–Crippen MR) is 102 cm³/mol. The number of methoxy groups -OCH3 is 1. The van der Waals surface area contributed by atoms with Crippen molar-refractivity contribution < 1.29 is 19.0 Å². The third-order valence-corrected chi connectivity index (χ3v) is 3.99. The average Bonchev–Trinajstić information content (AvgIpc) is 2.58. The van der Waals surface area contributed by atoms with Gasteiger partial charge in [-0.05, 0) is 62.7 Å². The molecule has 0 aliphatic rings. The molecule has 2 rings (SSSR count). The summed E-state index contributed by atoms with van der Waals surface area (Å²) in [5.41, 5.74) is 2.12. The molecule has 0 atom stereocenters. The highest BCUT2D eigenvalue weighted by Crippen LogP contribution is 2.23. The molecule has 0 aliphatic heterocycles. The SMILES string of the molecule is COc1ccc(COc2ccc(C(=O)OC(C)(C)C)cc2)cc1CBr. The van der Waals surface area contributed by atoms with Crippen LogP contribution in [0.4, 0.5) is 0 Å². The maximum atomic E-state index is 12.0. The Labute approximate surface area is 157 Å². The molecule has 0 saturated carbocycles. The quantitative estimate of drug-likeness (QED) is 0.492. The van der Waals surface area contributed by atoms with Gasteiger partial charge in [-0.1, -0.05) is 22.0 Å².